The molecule has 0 aliphatic carbocycles. The first-order chi connectivity index (χ1) is 11.9. The van der Waals surface area contributed by atoms with Crippen molar-refractivity contribution in [2.24, 2.45) is 7.05 Å². The van der Waals surface area contributed by atoms with E-state index >= 15 is 0 Å². The molecule has 0 spiro atoms. The molecule has 1 aromatic carbocycles. The minimum Gasteiger partial charge on any atom is -0.331 e. The van der Waals surface area contributed by atoms with E-state index in [1.54, 1.807) is 7.05 Å². The Kier molecular flexibility index (Phi) is 4.93. The summed E-state index contributed by atoms with van der Waals surface area (Å²) in [4.78, 5) is 15.0. The Labute approximate surface area is 148 Å². The first kappa shape index (κ1) is 17.6. The summed E-state index contributed by atoms with van der Waals surface area (Å²) in [5.74, 6) is -0.766. The molecule has 1 aliphatic heterocycles. The summed E-state index contributed by atoms with van der Waals surface area (Å²) in [6, 6.07) is 6.42. The topological polar surface area (TPSA) is 38.1 Å². The van der Waals surface area contributed by atoms with Gasteiger partial charge < -0.3 is 4.90 Å². The predicted octanol–water partition coefficient (Wildman–Crippen LogP) is 4.11. The fraction of sp³-hybridized carbons (Fsp3) is 0.500. The van der Waals surface area contributed by atoms with Crippen molar-refractivity contribution in [3.8, 4) is 0 Å². The Balaban J connectivity index is 2.00. The lowest BCUT2D eigenvalue weighted by Gasteiger charge is -2.36. The van der Waals surface area contributed by atoms with Gasteiger partial charge in [-0.05, 0) is 45.1 Å². The number of aromatic nitrogens is 2. The highest BCUT2D eigenvalue weighted by atomic mass is 19.1. The molecule has 1 atom stereocenters. The predicted molar refractivity (Wildman–Crippen MR) is 96.1 cm³/mol. The number of hydrogen-bond donors (Lipinski definition) is 0. The van der Waals surface area contributed by atoms with Gasteiger partial charge in [0.1, 0.15) is 5.56 Å². The number of carbonyl (C=O) groups is 1. The molecule has 25 heavy (non-hydrogen) atoms. The molecule has 3 rings (SSSR count). The molecule has 1 saturated heterocycles. The fourth-order valence-electron chi connectivity index (χ4n) is 3.88. The molecule has 1 amide bonds. The van der Waals surface area contributed by atoms with Crippen LogP contribution < -0.4 is 0 Å². The molecule has 2 aromatic rings. The zero-order chi connectivity index (χ0) is 18.1. The van der Waals surface area contributed by atoms with Crippen LogP contribution in [0.1, 0.15) is 65.0 Å². The van der Waals surface area contributed by atoms with Crippen molar-refractivity contribution >= 4 is 5.91 Å². The maximum absolute atomic E-state index is 14.5. The van der Waals surface area contributed by atoms with Crippen molar-refractivity contribution in [2.45, 2.75) is 52.5 Å². The summed E-state index contributed by atoms with van der Waals surface area (Å²) in [6.07, 6.45) is 3.49. The minimum absolute atomic E-state index is 0.00385. The van der Waals surface area contributed by atoms with E-state index < -0.39 is 5.95 Å². The average Bonchev–Trinajstić information content (AvgIpc) is 2.88. The second-order valence-corrected chi connectivity index (χ2v) is 7.02. The lowest BCUT2D eigenvalue weighted by molar-refractivity contribution is 0.0605. The summed E-state index contributed by atoms with van der Waals surface area (Å²) in [7, 11) is 1.54. The molecular weight excluding hydrogens is 317 g/mol. The van der Waals surface area contributed by atoms with Crippen molar-refractivity contribution < 1.29 is 9.18 Å². The quantitative estimate of drug-likeness (QED) is 0.841. The number of piperidine rings is 1. The van der Waals surface area contributed by atoms with E-state index in [4.69, 9.17) is 0 Å². The molecule has 4 nitrogen and oxygen atoms in total. The summed E-state index contributed by atoms with van der Waals surface area (Å²) in [6.45, 7) is 6.70. The van der Waals surface area contributed by atoms with Gasteiger partial charge in [-0.2, -0.15) is 9.49 Å². The molecule has 1 aromatic heterocycles. The minimum atomic E-state index is -0.536. The van der Waals surface area contributed by atoms with Crippen LogP contribution in [0.15, 0.2) is 18.2 Å². The van der Waals surface area contributed by atoms with Gasteiger partial charge in [0.25, 0.3) is 5.91 Å². The molecule has 2 heterocycles. The monoisotopic (exact) mass is 343 g/mol. The van der Waals surface area contributed by atoms with Crippen LogP contribution in [0.2, 0.25) is 0 Å². The third-order valence-corrected chi connectivity index (χ3v) is 4.99. The van der Waals surface area contributed by atoms with Gasteiger partial charge in [-0.15, -0.1) is 0 Å². The van der Waals surface area contributed by atoms with Crippen LogP contribution in [0, 0.1) is 19.8 Å². The van der Waals surface area contributed by atoms with E-state index in [1.807, 2.05) is 11.8 Å². The molecule has 1 fully saturated rings. The van der Waals surface area contributed by atoms with Gasteiger partial charge in [-0.1, -0.05) is 36.2 Å². The number of carbonyl (C=O) groups excluding carboxylic acids is 1. The van der Waals surface area contributed by atoms with Crippen molar-refractivity contribution in [3.63, 3.8) is 0 Å². The molecule has 1 aliphatic rings. The van der Waals surface area contributed by atoms with Crippen LogP contribution in [0.5, 0.6) is 0 Å². The SMILES string of the molecule is CCc1nn(C)c(F)c1C(=O)N1CCCCC1c1cc(C)cc(C)c1. The van der Waals surface area contributed by atoms with Crippen LogP contribution in [-0.2, 0) is 13.5 Å². The number of aryl methyl sites for hydroxylation is 4. The van der Waals surface area contributed by atoms with Gasteiger partial charge in [0.05, 0.1) is 11.7 Å². The van der Waals surface area contributed by atoms with Gasteiger partial charge in [0.15, 0.2) is 0 Å². The summed E-state index contributed by atoms with van der Waals surface area (Å²) in [5, 5.41) is 4.16. The number of halogens is 1. The summed E-state index contributed by atoms with van der Waals surface area (Å²) < 4.78 is 15.7. The third-order valence-electron chi connectivity index (χ3n) is 4.99. The molecular formula is C20H26FN3O. The third kappa shape index (κ3) is 3.32. The van der Waals surface area contributed by atoms with Crippen molar-refractivity contribution in [3.05, 3.63) is 52.1 Å². The lowest BCUT2D eigenvalue weighted by atomic mass is 9.92. The Morgan fingerprint density at radius 2 is 1.92 bits per heavy atom. The average molecular weight is 343 g/mol. The Bertz CT molecular complexity index is 776. The molecule has 1 unspecified atom stereocenters. The van der Waals surface area contributed by atoms with Gasteiger partial charge in [0.2, 0.25) is 5.95 Å². The molecule has 0 radical (unpaired) electrons. The van der Waals surface area contributed by atoms with Gasteiger partial charge >= 0.3 is 0 Å². The van der Waals surface area contributed by atoms with E-state index in [1.165, 1.54) is 15.8 Å². The second kappa shape index (κ2) is 6.98. The van der Waals surface area contributed by atoms with Crippen molar-refractivity contribution in [1.82, 2.24) is 14.7 Å². The van der Waals surface area contributed by atoms with Crippen molar-refractivity contribution in [2.75, 3.05) is 6.54 Å². The lowest BCUT2D eigenvalue weighted by Crippen LogP contribution is -2.39. The van der Waals surface area contributed by atoms with Crippen LogP contribution >= 0.6 is 0 Å². The Hall–Kier alpha value is -2.17. The number of benzene rings is 1. The zero-order valence-corrected chi connectivity index (χ0v) is 15.5. The molecule has 0 bridgehead atoms. The number of likely N-dealkylation sites (tertiary alicyclic amines) is 1. The second-order valence-electron chi connectivity index (χ2n) is 7.02. The summed E-state index contributed by atoms with van der Waals surface area (Å²) >= 11 is 0. The van der Waals surface area contributed by atoms with E-state index in [2.05, 4.69) is 37.1 Å². The highest BCUT2D eigenvalue weighted by molar-refractivity contribution is 5.95. The summed E-state index contributed by atoms with van der Waals surface area (Å²) in [5.41, 5.74) is 4.20. The highest BCUT2D eigenvalue weighted by Gasteiger charge is 2.33. The molecule has 0 N–H and O–H groups in total. The standard InChI is InChI=1S/C20H26FN3O/c1-5-16-18(19(21)23(4)22-16)20(25)24-9-7-6-8-17(24)15-11-13(2)10-14(3)12-15/h10-12,17H,5-9H2,1-4H3. The van der Waals surface area contributed by atoms with E-state index in [9.17, 15) is 9.18 Å². The molecule has 5 heteroatoms. The maximum Gasteiger partial charge on any atom is 0.260 e. The molecule has 0 saturated carbocycles. The van der Waals surface area contributed by atoms with E-state index in [0.29, 0.717) is 18.7 Å². The number of amides is 1. The van der Waals surface area contributed by atoms with Crippen LogP contribution in [0.4, 0.5) is 4.39 Å². The van der Waals surface area contributed by atoms with E-state index in [0.717, 1.165) is 24.8 Å². The highest BCUT2D eigenvalue weighted by Crippen LogP contribution is 2.34. The fourth-order valence-corrected chi connectivity index (χ4v) is 3.88. The van der Waals surface area contributed by atoms with Gasteiger partial charge in [0, 0.05) is 13.6 Å². The van der Waals surface area contributed by atoms with E-state index in [-0.39, 0.29) is 17.5 Å². The number of hydrogen-bond acceptors (Lipinski definition) is 2. The Morgan fingerprint density at radius 3 is 2.56 bits per heavy atom. The maximum atomic E-state index is 14.5. The van der Waals surface area contributed by atoms with Crippen LogP contribution in [0.3, 0.4) is 0 Å². The molecule has 134 valence electrons. The normalized spacial score (nSPS) is 17.8. The first-order valence-electron chi connectivity index (χ1n) is 9.03. The smallest absolute Gasteiger partial charge is 0.260 e. The zero-order valence-electron chi connectivity index (χ0n) is 15.5. The number of rotatable bonds is 3. The number of nitrogens with zero attached hydrogens (tertiary/aromatic N) is 3. The van der Waals surface area contributed by atoms with Gasteiger partial charge in [-0.3, -0.25) is 4.79 Å². The first-order valence-corrected chi connectivity index (χ1v) is 9.03. The Morgan fingerprint density at radius 1 is 1.24 bits per heavy atom. The largest absolute Gasteiger partial charge is 0.331 e. The van der Waals surface area contributed by atoms with Crippen LogP contribution in [0.25, 0.3) is 0 Å². The van der Waals surface area contributed by atoms with Crippen LogP contribution in [-0.4, -0.2) is 27.1 Å². The van der Waals surface area contributed by atoms with Crippen molar-refractivity contribution in [1.29, 1.82) is 0 Å². The van der Waals surface area contributed by atoms with Gasteiger partial charge in [-0.25, -0.2) is 4.68 Å².